The third-order valence-electron chi connectivity index (χ3n) is 4.63. The zero-order chi connectivity index (χ0) is 23.0. The lowest BCUT2D eigenvalue weighted by Crippen LogP contribution is -2.64. The average molecular weight is 442 g/mol. The fraction of sp³-hybridized carbons (Fsp3) is 0.526. The smallest absolute Gasteiger partial charge is 0.408 e. The van der Waals surface area contributed by atoms with Gasteiger partial charge < -0.3 is 45.3 Å². The molecule has 2 rings (SSSR count). The molecule has 0 bridgehead atoms. The van der Waals surface area contributed by atoms with Gasteiger partial charge in [-0.1, -0.05) is 30.3 Å². The van der Waals surface area contributed by atoms with Crippen LogP contribution in [0.15, 0.2) is 30.3 Å². The highest BCUT2D eigenvalue weighted by Crippen LogP contribution is 2.21. The summed E-state index contributed by atoms with van der Waals surface area (Å²) in [6.45, 7) is -0.675. The molecule has 0 spiro atoms. The Morgan fingerprint density at radius 1 is 1.16 bits per heavy atom. The second-order valence-corrected chi connectivity index (χ2v) is 6.84. The molecular weight excluding hydrogens is 416 g/mol. The maximum Gasteiger partial charge on any atom is 0.408 e. The average Bonchev–Trinajstić information content (AvgIpc) is 2.76. The van der Waals surface area contributed by atoms with E-state index in [-0.39, 0.29) is 6.61 Å². The van der Waals surface area contributed by atoms with Gasteiger partial charge in [-0.2, -0.15) is 0 Å². The number of aliphatic carboxylic acids is 1. The number of hydrogen-bond donors (Lipinski definition) is 6. The summed E-state index contributed by atoms with van der Waals surface area (Å²) in [6, 6.07) is 5.86. The Morgan fingerprint density at radius 2 is 1.84 bits per heavy atom. The lowest BCUT2D eigenvalue weighted by Gasteiger charge is -2.41. The highest BCUT2D eigenvalue weighted by Gasteiger charge is 2.45. The molecule has 1 aliphatic rings. The fourth-order valence-electron chi connectivity index (χ4n) is 2.97. The van der Waals surface area contributed by atoms with Gasteiger partial charge in [0.05, 0.1) is 13.0 Å². The van der Waals surface area contributed by atoms with E-state index in [0.29, 0.717) is 5.56 Å². The number of ether oxygens (including phenoxy) is 3. The van der Waals surface area contributed by atoms with Crippen molar-refractivity contribution in [3.8, 4) is 0 Å². The largest absolute Gasteiger partial charge is 0.480 e. The van der Waals surface area contributed by atoms with Gasteiger partial charge in [0, 0.05) is 7.11 Å². The van der Waals surface area contributed by atoms with E-state index in [4.69, 9.17) is 14.2 Å². The summed E-state index contributed by atoms with van der Waals surface area (Å²) in [5.41, 5.74) is 0.693. The number of carboxylic acids is 1. The first-order valence-electron chi connectivity index (χ1n) is 9.41. The van der Waals surface area contributed by atoms with Gasteiger partial charge in [0.1, 0.15) is 37.0 Å². The predicted molar refractivity (Wildman–Crippen MR) is 103 cm³/mol. The van der Waals surface area contributed by atoms with Crippen molar-refractivity contribution >= 4 is 18.0 Å². The Kier molecular flexibility index (Phi) is 9.15. The van der Waals surface area contributed by atoms with E-state index in [1.807, 2.05) is 0 Å². The Hall–Kier alpha value is -2.77. The number of carbonyl (C=O) groups excluding carboxylic acids is 2. The van der Waals surface area contributed by atoms with Gasteiger partial charge in [-0.05, 0) is 5.56 Å². The molecule has 6 unspecified atom stereocenters. The minimum absolute atomic E-state index is 0.0871. The molecule has 1 aromatic rings. The molecule has 6 N–H and O–H groups in total. The van der Waals surface area contributed by atoms with Crippen LogP contribution >= 0.6 is 0 Å². The molecule has 0 aliphatic carbocycles. The molecule has 1 aromatic carbocycles. The van der Waals surface area contributed by atoms with Gasteiger partial charge >= 0.3 is 12.1 Å². The minimum atomic E-state index is -1.61. The van der Waals surface area contributed by atoms with E-state index in [0.717, 1.165) is 0 Å². The molecule has 1 heterocycles. The van der Waals surface area contributed by atoms with Gasteiger partial charge in [0.2, 0.25) is 5.91 Å². The number of nitrogens with one attached hydrogen (secondary N) is 2. The van der Waals surface area contributed by atoms with Crippen molar-refractivity contribution < 1.29 is 49.0 Å². The number of aliphatic hydroxyl groups is 3. The van der Waals surface area contributed by atoms with E-state index in [2.05, 4.69) is 10.6 Å². The summed E-state index contributed by atoms with van der Waals surface area (Å²) in [5.74, 6) is -2.34. The molecule has 0 aromatic heterocycles. The number of alkyl carbamates (subject to hydrolysis) is 1. The van der Waals surface area contributed by atoms with Crippen molar-refractivity contribution in [1.29, 1.82) is 0 Å². The van der Waals surface area contributed by atoms with Crippen LogP contribution in [0.3, 0.4) is 0 Å². The lowest BCUT2D eigenvalue weighted by molar-refractivity contribution is -0.262. The van der Waals surface area contributed by atoms with Crippen LogP contribution in [-0.4, -0.2) is 88.8 Å². The molecule has 12 heteroatoms. The highest BCUT2D eigenvalue weighted by molar-refractivity contribution is 5.87. The van der Waals surface area contributed by atoms with Crippen molar-refractivity contribution in [2.75, 3.05) is 13.7 Å². The molecule has 1 aliphatic heterocycles. The molecule has 0 saturated carbocycles. The van der Waals surface area contributed by atoms with E-state index < -0.39 is 67.7 Å². The zero-order valence-corrected chi connectivity index (χ0v) is 16.7. The summed E-state index contributed by atoms with van der Waals surface area (Å²) >= 11 is 0. The summed E-state index contributed by atoms with van der Waals surface area (Å²) < 4.78 is 15.2. The quantitative estimate of drug-likeness (QED) is 0.258. The summed E-state index contributed by atoms with van der Waals surface area (Å²) in [4.78, 5) is 35.7. The monoisotopic (exact) mass is 442 g/mol. The number of carbonyl (C=O) groups is 3. The number of aliphatic hydroxyl groups excluding tert-OH is 3. The molecule has 1 fully saturated rings. The lowest BCUT2D eigenvalue weighted by atomic mass is 9.96. The van der Waals surface area contributed by atoms with Gasteiger partial charge in [0.25, 0.3) is 0 Å². The van der Waals surface area contributed by atoms with Crippen LogP contribution < -0.4 is 10.6 Å². The Balaban J connectivity index is 1.92. The van der Waals surface area contributed by atoms with Crippen LogP contribution in [0.4, 0.5) is 4.79 Å². The van der Waals surface area contributed by atoms with Crippen LogP contribution in [0.1, 0.15) is 12.0 Å². The standard InChI is InChI=1S/C19H26N2O10/c1-29-18-14(16(25)15(24)12(8-22)31-18)21-13(23)7-11(17(26)27)20-19(28)30-9-10-5-3-2-4-6-10/h2-6,11-12,14-16,18,22,24-25H,7-9H2,1H3,(H,20,28)(H,21,23)(H,26,27). The van der Waals surface area contributed by atoms with E-state index >= 15 is 0 Å². The summed E-state index contributed by atoms with van der Waals surface area (Å²) in [5, 5.41) is 43.1. The number of hydrogen-bond acceptors (Lipinski definition) is 9. The van der Waals surface area contributed by atoms with Crippen molar-refractivity contribution in [3.63, 3.8) is 0 Å². The van der Waals surface area contributed by atoms with Crippen molar-refractivity contribution in [3.05, 3.63) is 35.9 Å². The Labute approximate surface area is 177 Å². The number of carboxylic acid groups (broad SMARTS) is 1. The maximum absolute atomic E-state index is 12.3. The minimum Gasteiger partial charge on any atom is -0.480 e. The first-order chi connectivity index (χ1) is 14.8. The predicted octanol–water partition coefficient (Wildman–Crippen LogP) is -1.67. The molecule has 1 saturated heterocycles. The molecule has 2 amide bonds. The molecule has 31 heavy (non-hydrogen) atoms. The first kappa shape index (κ1) is 24.5. The van der Waals surface area contributed by atoms with Crippen molar-refractivity contribution in [1.82, 2.24) is 10.6 Å². The number of methoxy groups -OCH3 is 1. The maximum atomic E-state index is 12.3. The van der Waals surface area contributed by atoms with Crippen LogP contribution in [0.5, 0.6) is 0 Å². The SMILES string of the molecule is COC1OC(CO)C(O)C(O)C1NC(=O)CC(NC(=O)OCc1ccccc1)C(=O)O. The number of benzene rings is 1. The topological polar surface area (TPSA) is 184 Å². The second kappa shape index (κ2) is 11.6. The van der Waals surface area contributed by atoms with Crippen LogP contribution in [0.25, 0.3) is 0 Å². The third-order valence-corrected chi connectivity index (χ3v) is 4.63. The van der Waals surface area contributed by atoms with Crippen LogP contribution in [-0.2, 0) is 30.4 Å². The number of amides is 2. The molecule has 0 radical (unpaired) electrons. The fourth-order valence-corrected chi connectivity index (χ4v) is 2.97. The molecular formula is C19H26N2O10. The molecule has 12 nitrogen and oxygen atoms in total. The number of rotatable bonds is 9. The third kappa shape index (κ3) is 6.87. The summed E-state index contributed by atoms with van der Waals surface area (Å²) in [7, 11) is 1.23. The Bertz CT molecular complexity index is 744. The first-order valence-corrected chi connectivity index (χ1v) is 9.41. The van der Waals surface area contributed by atoms with E-state index in [9.17, 15) is 34.8 Å². The van der Waals surface area contributed by atoms with Crippen molar-refractivity contribution in [2.24, 2.45) is 0 Å². The zero-order valence-electron chi connectivity index (χ0n) is 16.7. The van der Waals surface area contributed by atoms with E-state index in [1.54, 1.807) is 30.3 Å². The van der Waals surface area contributed by atoms with Gasteiger partial charge in [0.15, 0.2) is 6.29 Å². The Morgan fingerprint density at radius 3 is 2.42 bits per heavy atom. The van der Waals surface area contributed by atoms with Crippen LogP contribution in [0, 0.1) is 0 Å². The van der Waals surface area contributed by atoms with Crippen molar-refractivity contribution in [2.45, 2.75) is 49.7 Å². The highest BCUT2D eigenvalue weighted by atomic mass is 16.7. The van der Waals surface area contributed by atoms with Gasteiger partial charge in [-0.25, -0.2) is 9.59 Å². The molecule has 172 valence electrons. The molecule has 6 atom stereocenters. The van der Waals surface area contributed by atoms with Crippen LogP contribution in [0.2, 0.25) is 0 Å². The van der Waals surface area contributed by atoms with Gasteiger partial charge in [-0.15, -0.1) is 0 Å². The second-order valence-electron chi connectivity index (χ2n) is 6.84. The van der Waals surface area contributed by atoms with E-state index in [1.165, 1.54) is 7.11 Å². The van der Waals surface area contributed by atoms with Gasteiger partial charge in [-0.3, -0.25) is 4.79 Å². The normalized spacial score (nSPS) is 26.5. The summed E-state index contributed by atoms with van der Waals surface area (Å²) in [6.07, 6.45) is -7.10.